The van der Waals surface area contributed by atoms with Crippen LogP contribution in [-0.4, -0.2) is 68.1 Å². The van der Waals surface area contributed by atoms with Gasteiger partial charge < -0.3 is 26.0 Å². The zero-order valence-corrected chi connectivity index (χ0v) is 20.6. The normalized spacial score (nSPS) is 23.7. The second kappa shape index (κ2) is 8.79. The zero-order chi connectivity index (χ0) is 25.7. The molecule has 0 aromatic carbocycles. The van der Waals surface area contributed by atoms with E-state index in [0.29, 0.717) is 54.2 Å². The fourth-order valence-electron chi connectivity index (χ4n) is 5.57. The van der Waals surface area contributed by atoms with Crippen molar-refractivity contribution in [3.05, 3.63) is 24.0 Å². The summed E-state index contributed by atoms with van der Waals surface area (Å²) in [7, 11) is 0. The van der Waals surface area contributed by atoms with E-state index in [1.807, 2.05) is 6.07 Å². The summed E-state index contributed by atoms with van der Waals surface area (Å²) < 4.78 is 28.4. The largest absolute Gasteiger partial charge is 0.389 e. The molecular formula is C25H33F2N7O2. The number of urea groups is 1. The lowest BCUT2D eigenvalue weighted by molar-refractivity contribution is -0.145. The Morgan fingerprint density at radius 1 is 1.25 bits per heavy atom. The van der Waals surface area contributed by atoms with E-state index in [9.17, 15) is 18.7 Å². The fourth-order valence-corrected chi connectivity index (χ4v) is 5.57. The van der Waals surface area contributed by atoms with E-state index < -0.39 is 23.0 Å². The molecule has 1 aliphatic heterocycles. The number of halogens is 2. The van der Waals surface area contributed by atoms with Gasteiger partial charge in [0, 0.05) is 42.3 Å². The number of piperidine rings is 1. The minimum absolute atomic E-state index is 0.0755. The summed E-state index contributed by atoms with van der Waals surface area (Å²) in [5, 5.41) is 31.6. The van der Waals surface area contributed by atoms with Gasteiger partial charge in [0.25, 0.3) is 0 Å². The number of hydrogen-bond donors (Lipinski definition) is 5. The van der Waals surface area contributed by atoms with Crippen LogP contribution in [0.25, 0.3) is 11.4 Å². The number of aromatic nitrogens is 3. The molecule has 0 bridgehead atoms. The summed E-state index contributed by atoms with van der Waals surface area (Å²) in [6.45, 7) is 5.07. The van der Waals surface area contributed by atoms with Crippen LogP contribution in [0.5, 0.6) is 0 Å². The molecule has 1 saturated heterocycles. The van der Waals surface area contributed by atoms with Crippen molar-refractivity contribution in [3.8, 4) is 11.4 Å². The maximum atomic E-state index is 14.2. The molecule has 3 fully saturated rings. The van der Waals surface area contributed by atoms with Crippen LogP contribution < -0.4 is 10.6 Å². The Morgan fingerprint density at radius 2 is 2.00 bits per heavy atom. The summed E-state index contributed by atoms with van der Waals surface area (Å²) in [6, 6.07) is 1.44. The number of carbonyl (C=O) groups excluding carboxylic acids is 1. The van der Waals surface area contributed by atoms with Gasteiger partial charge >= 0.3 is 6.03 Å². The topological polar surface area (TPSA) is 130 Å². The van der Waals surface area contributed by atoms with Gasteiger partial charge in [0.05, 0.1) is 28.6 Å². The zero-order valence-electron chi connectivity index (χ0n) is 20.6. The van der Waals surface area contributed by atoms with Gasteiger partial charge in [-0.2, -0.15) is 5.10 Å². The number of nitrogens with zero attached hydrogens (tertiary/aromatic N) is 3. The van der Waals surface area contributed by atoms with Gasteiger partial charge in [0.1, 0.15) is 5.69 Å². The quantitative estimate of drug-likeness (QED) is 0.341. The average Bonchev–Trinajstić information content (AvgIpc) is 3.74. The van der Waals surface area contributed by atoms with Gasteiger partial charge in [-0.3, -0.25) is 10.1 Å². The minimum Gasteiger partial charge on any atom is -0.389 e. The standard InChI is InChI=1S/C25H33F2N7O2/c1-15(2)11-29-17-9-18(30-12-16(17)10-28)20-19(13-31-33-20)32-22(35)34-8-7-24(21(26)27,25(36)5-6-25)14-23(34)3-4-23/h9-10,12-13,15,21,28,36H,3-8,11,14H2,1-2H3,(H,29,30)(H,31,33)(H,32,35). The van der Waals surface area contributed by atoms with Crippen LogP contribution in [0.1, 0.15) is 57.9 Å². The van der Waals surface area contributed by atoms with Gasteiger partial charge in [0.15, 0.2) is 0 Å². The summed E-state index contributed by atoms with van der Waals surface area (Å²) in [6.07, 6.45) is 4.00. The molecule has 3 heterocycles. The molecular weight excluding hydrogens is 468 g/mol. The van der Waals surface area contributed by atoms with E-state index in [2.05, 4.69) is 39.7 Å². The van der Waals surface area contributed by atoms with E-state index in [1.165, 1.54) is 12.4 Å². The van der Waals surface area contributed by atoms with Crippen molar-refractivity contribution in [3.63, 3.8) is 0 Å². The number of alkyl halides is 2. The summed E-state index contributed by atoms with van der Waals surface area (Å²) in [5.41, 5.74) is -0.493. The van der Waals surface area contributed by atoms with Crippen molar-refractivity contribution in [2.24, 2.45) is 11.3 Å². The van der Waals surface area contributed by atoms with E-state index >= 15 is 0 Å². The third-order valence-corrected chi connectivity index (χ3v) is 8.07. The highest BCUT2D eigenvalue weighted by Gasteiger charge is 2.70. The van der Waals surface area contributed by atoms with Crippen LogP contribution >= 0.6 is 0 Å². The molecule has 5 rings (SSSR count). The number of hydrogen-bond acceptors (Lipinski definition) is 6. The molecule has 5 N–H and O–H groups in total. The molecule has 2 aromatic rings. The molecule has 1 unspecified atom stereocenters. The molecule has 11 heteroatoms. The molecule has 2 aliphatic carbocycles. The third kappa shape index (κ3) is 4.12. The van der Waals surface area contributed by atoms with Gasteiger partial charge in [-0.15, -0.1) is 0 Å². The lowest BCUT2D eigenvalue weighted by Gasteiger charge is -2.49. The molecule has 1 atom stereocenters. The first-order valence-corrected chi connectivity index (χ1v) is 12.5. The number of H-pyrrole nitrogens is 1. The molecule has 0 radical (unpaired) electrons. The first-order chi connectivity index (χ1) is 17.1. The lowest BCUT2D eigenvalue weighted by Crippen LogP contribution is -2.59. The first kappa shape index (κ1) is 24.6. The van der Waals surface area contributed by atoms with Crippen molar-refractivity contribution in [1.29, 1.82) is 5.41 Å². The highest BCUT2D eigenvalue weighted by atomic mass is 19.3. The highest BCUT2D eigenvalue weighted by molar-refractivity contribution is 5.94. The highest BCUT2D eigenvalue weighted by Crippen LogP contribution is 2.65. The Kier molecular flexibility index (Phi) is 6.01. The maximum Gasteiger partial charge on any atom is 0.322 e. The monoisotopic (exact) mass is 501 g/mol. The first-order valence-electron chi connectivity index (χ1n) is 12.5. The van der Waals surface area contributed by atoms with Crippen LogP contribution in [0.3, 0.4) is 0 Å². The Bertz CT molecular complexity index is 1160. The number of likely N-dealkylation sites (tertiary alicyclic amines) is 1. The molecule has 1 spiro atoms. The molecule has 3 aliphatic rings. The number of aromatic amines is 1. The van der Waals surface area contributed by atoms with Crippen molar-refractivity contribution in [2.45, 2.75) is 69.9 Å². The Hall–Kier alpha value is -3.08. The number of anilines is 2. The molecule has 194 valence electrons. The number of nitrogens with one attached hydrogen (secondary N) is 4. The van der Waals surface area contributed by atoms with E-state index in [0.717, 1.165) is 12.2 Å². The predicted octanol–water partition coefficient (Wildman–Crippen LogP) is 4.47. The summed E-state index contributed by atoms with van der Waals surface area (Å²) >= 11 is 0. The number of pyridine rings is 1. The molecule has 2 saturated carbocycles. The molecule has 36 heavy (non-hydrogen) atoms. The van der Waals surface area contributed by atoms with Gasteiger partial charge in [-0.25, -0.2) is 13.6 Å². The fraction of sp³-hybridized carbons (Fsp3) is 0.600. The van der Waals surface area contributed by atoms with Crippen molar-refractivity contribution in [2.75, 3.05) is 23.7 Å². The van der Waals surface area contributed by atoms with Crippen molar-refractivity contribution >= 4 is 23.6 Å². The second-order valence-electron chi connectivity index (χ2n) is 11.0. The number of carbonyl (C=O) groups is 1. The Morgan fingerprint density at radius 3 is 2.61 bits per heavy atom. The Labute approximate surface area is 208 Å². The van der Waals surface area contributed by atoms with Crippen LogP contribution in [0.2, 0.25) is 0 Å². The number of amides is 2. The van der Waals surface area contributed by atoms with Crippen LogP contribution in [0.4, 0.5) is 25.0 Å². The van der Waals surface area contributed by atoms with Crippen molar-refractivity contribution < 1.29 is 18.7 Å². The van der Waals surface area contributed by atoms with Crippen LogP contribution in [0.15, 0.2) is 18.5 Å². The number of rotatable bonds is 8. The van der Waals surface area contributed by atoms with Crippen LogP contribution in [0, 0.1) is 16.7 Å². The van der Waals surface area contributed by atoms with E-state index in [1.54, 1.807) is 11.1 Å². The number of aliphatic hydroxyl groups is 1. The average molecular weight is 502 g/mol. The molecule has 2 aromatic heterocycles. The van der Waals surface area contributed by atoms with E-state index in [4.69, 9.17) is 5.41 Å². The van der Waals surface area contributed by atoms with Gasteiger partial charge in [-0.05, 0) is 50.5 Å². The summed E-state index contributed by atoms with van der Waals surface area (Å²) in [5.74, 6) is 0.408. The van der Waals surface area contributed by atoms with Crippen LogP contribution in [-0.2, 0) is 0 Å². The van der Waals surface area contributed by atoms with Crippen molar-refractivity contribution in [1.82, 2.24) is 20.1 Å². The maximum absolute atomic E-state index is 14.2. The second-order valence-corrected chi connectivity index (χ2v) is 11.0. The van der Waals surface area contributed by atoms with Gasteiger partial charge in [-0.1, -0.05) is 13.8 Å². The Balaban J connectivity index is 1.34. The smallest absolute Gasteiger partial charge is 0.322 e. The molecule has 9 nitrogen and oxygen atoms in total. The predicted molar refractivity (Wildman–Crippen MR) is 133 cm³/mol. The van der Waals surface area contributed by atoms with E-state index in [-0.39, 0.29) is 25.4 Å². The minimum atomic E-state index is -2.62. The summed E-state index contributed by atoms with van der Waals surface area (Å²) in [4.78, 5) is 19.5. The lowest BCUT2D eigenvalue weighted by atomic mass is 9.68. The SMILES string of the molecule is CC(C)CNc1cc(-c2[nH]ncc2NC(=O)N2CCC(C(F)F)(C3(O)CC3)CC23CC3)ncc1C=N. The van der Waals surface area contributed by atoms with Gasteiger partial charge in [0.2, 0.25) is 6.43 Å². The third-order valence-electron chi connectivity index (χ3n) is 8.07. The molecule has 2 amide bonds.